The highest BCUT2D eigenvalue weighted by Gasteiger charge is 2.81. The van der Waals surface area contributed by atoms with Crippen LogP contribution in [0.3, 0.4) is 0 Å². The quantitative estimate of drug-likeness (QED) is 0.578. The molecule has 0 spiro atoms. The Morgan fingerprint density at radius 2 is 1.86 bits per heavy atom. The smallest absolute Gasteiger partial charge is 0.333 e. The number of hydrogen-bond acceptors (Lipinski definition) is 5. The molecule has 4 atom stereocenters. The molecule has 0 aromatic heterocycles. The lowest BCUT2D eigenvalue weighted by atomic mass is 9.65. The fraction of sp³-hybridized carbons (Fsp3) is 0.704. The fourth-order valence-electron chi connectivity index (χ4n) is 7.72. The Kier molecular flexibility index (Phi) is 6.18. The summed E-state index contributed by atoms with van der Waals surface area (Å²) in [6.45, 7) is 4.94. The largest absolute Gasteiger partial charge is 0.459 e. The number of sulfonamides is 1. The summed E-state index contributed by atoms with van der Waals surface area (Å²) in [6, 6.07) is 6.53. The van der Waals surface area contributed by atoms with Crippen LogP contribution in [0.5, 0.6) is 0 Å². The first-order chi connectivity index (χ1) is 17.0. The molecule has 1 aliphatic heterocycles. The molecule has 1 aromatic carbocycles. The van der Waals surface area contributed by atoms with Crippen LogP contribution in [-0.4, -0.2) is 61.8 Å². The Morgan fingerprint density at radius 3 is 2.53 bits per heavy atom. The maximum Gasteiger partial charge on any atom is 0.333 e. The van der Waals surface area contributed by atoms with E-state index < -0.39 is 15.6 Å². The van der Waals surface area contributed by atoms with Crippen molar-refractivity contribution >= 4 is 22.0 Å². The molecule has 9 heteroatoms. The number of esters is 1. The Hall–Kier alpha value is -2.13. The van der Waals surface area contributed by atoms with E-state index in [1.807, 2.05) is 0 Å². The monoisotopic (exact) mass is 517 g/mol. The van der Waals surface area contributed by atoms with Crippen molar-refractivity contribution in [3.8, 4) is 0 Å². The van der Waals surface area contributed by atoms with Crippen molar-refractivity contribution in [3.05, 3.63) is 29.8 Å². The average Bonchev–Trinajstić information content (AvgIpc) is 3.31. The number of urea groups is 1. The summed E-state index contributed by atoms with van der Waals surface area (Å²) in [5.41, 5.74) is -0.844. The molecule has 0 radical (unpaired) electrons. The van der Waals surface area contributed by atoms with E-state index in [1.54, 1.807) is 23.1 Å². The molecule has 3 saturated carbocycles. The molecule has 4 aliphatic rings. The summed E-state index contributed by atoms with van der Waals surface area (Å²) >= 11 is 0. The van der Waals surface area contributed by atoms with Gasteiger partial charge in [-0.1, -0.05) is 45.2 Å². The first-order valence-corrected chi connectivity index (χ1v) is 14.7. The van der Waals surface area contributed by atoms with Gasteiger partial charge in [0, 0.05) is 32.1 Å². The molecular weight excluding hydrogens is 478 g/mol. The standard InChI is InChI=1S/C27H39N3O5S/c1-25-18-30(24(32)28-21-10-6-5-7-11-21)27(16-20(25)13-14-26(25,27)2)23(31)35-17-19-9-8-12-22(15-19)36(33,34)29(3)4/h8-9,12,15,20-21H,5-7,10-11,13-14,16-18H2,1-4H3,(H,28,32)/t20-,25+,26+,27+/m1/s1. The number of nitrogens with one attached hydrogen (secondary N) is 1. The molecule has 8 nitrogen and oxygen atoms in total. The van der Waals surface area contributed by atoms with Gasteiger partial charge in [0.25, 0.3) is 0 Å². The van der Waals surface area contributed by atoms with Crippen LogP contribution in [-0.2, 0) is 26.2 Å². The van der Waals surface area contributed by atoms with Crippen LogP contribution < -0.4 is 5.32 Å². The second-order valence-corrected chi connectivity index (χ2v) is 14.1. The molecular formula is C27H39N3O5S. The maximum absolute atomic E-state index is 14.0. The molecule has 1 saturated heterocycles. The lowest BCUT2D eigenvalue weighted by molar-refractivity contribution is -0.163. The Morgan fingerprint density at radius 1 is 1.14 bits per heavy atom. The van der Waals surface area contributed by atoms with Gasteiger partial charge < -0.3 is 15.0 Å². The van der Waals surface area contributed by atoms with Crippen molar-refractivity contribution in [1.29, 1.82) is 0 Å². The lowest BCUT2D eigenvalue weighted by Crippen LogP contribution is -2.63. The SMILES string of the molecule is CN(C)S(=O)(=O)c1cccc(COC(=O)[C@@]23C[C@H]4CC[C@@]2(C)[C@@]4(C)CN3C(=O)NC2CCCCC2)c1. The number of piperidine rings is 1. The molecule has 0 unspecified atom stereocenters. The summed E-state index contributed by atoms with van der Waals surface area (Å²) in [4.78, 5) is 29.5. The van der Waals surface area contributed by atoms with Crippen LogP contribution in [0, 0.1) is 16.7 Å². The van der Waals surface area contributed by atoms with E-state index in [0.717, 1.165) is 42.8 Å². The van der Waals surface area contributed by atoms with Gasteiger partial charge in [0.05, 0.1) is 4.90 Å². The van der Waals surface area contributed by atoms with Crippen molar-refractivity contribution in [2.75, 3.05) is 20.6 Å². The summed E-state index contributed by atoms with van der Waals surface area (Å²) in [7, 11) is -0.617. The van der Waals surface area contributed by atoms with Gasteiger partial charge in [-0.3, -0.25) is 0 Å². The maximum atomic E-state index is 14.0. The third-order valence-corrected chi connectivity index (χ3v) is 11.9. The fourth-order valence-corrected chi connectivity index (χ4v) is 8.69. The van der Waals surface area contributed by atoms with E-state index in [1.165, 1.54) is 26.6 Å². The highest BCUT2D eigenvalue weighted by molar-refractivity contribution is 7.89. The number of amides is 2. The van der Waals surface area contributed by atoms with E-state index in [0.29, 0.717) is 24.4 Å². The molecule has 36 heavy (non-hydrogen) atoms. The minimum Gasteiger partial charge on any atom is -0.459 e. The minimum absolute atomic E-state index is 0.0348. The Labute approximate surface area is 214 Å². The number of benzene rings is 1. The predicted molar refractivity (Wildman–Crippen MR) is 136 cm³/mol. The third-order valence-electron chi connectivity index (χ3n) is 10.1. The number of likely N-dealkylation sites (tertiary alicyclic amines) is 1. The zero-order chi connectivity index (χ0) is 25.9. The van der Waals surface area contributed by atoms with Crippen LogP contribution in [0.15, 0.2) is 29.2 Å². The number of hydrogen-bond donors (Lipinski definition) is 1. The molecule has 5 rings (SSSR count). The van der Waals surface area contributed by atoms with E-state index >= 15 is 0 Å². The molecule has 3 aliphatic carbocycles. The van der Waals surface area contributed by atoms with E-state index in [4.69, 9.17) is 4.74 Å². The van der Waals surface area contributed by atoms with E-state index in [-0.39, 0.29) is 40.4 Å². The molecule has 1 heterocycles. The van der Waals surface area contributed by atoms with Crippen molar-refractivity contribution in [3.63, 3.8) is 0 Å². The summed E-state index contributed by atoms with van der Waals surface area (Å²) in [5, 5.41) is 3.24. The highest BCUT2D eigenvalue weighted by atomic mass is 32.2. The summed E-state index contributed by atoms with van der Waals surface area (Å²) in [5.74, 6) is 0.0259. The predicted octanol–water partition coefficient (Wildman–Crippen LogP) is 3.90. The van der Waals surface area contributed by atoms with Crippen LogP contribution >= 0.6 is 0 Å². The zero-order valence-corrected chi connectivity index (χ0v) is 22.7. The van der Waals surface area contributed by atoms with Crippen molar-refractivity contribution in [2.45, 2.75) is 88.3 Å². The summed E-state index contributed by atoms with van der Waals surface area (Å²) in [6.07, 6.45) is 8.03. The second kappa shape index (κ2) is 8.72. The average molecular weight is 518 g/mol. The van der Waals surface area contributed by atoms with Gasteiger partial charge in [0.1, 0.15) is 12.1 Å². The van der Waals surface area contributed by atoms with Gasteiger partial charge in [-0.15, -0.1) is 0 Å². The van der Waals surface area contributed by atoms with Crippen molar-refractivity contribution < 1.29 is 22.7 Å². The lowest BCUT2D eigenvalue weighted by Gasteiger charge is -2.46. The highest BCUT2D eigenvalue weighted by Crippen LogP contribution is 2.76. The van der Waals surface area contributed by atoms with Crippen LogP contribution in [0.4, 0.5) is 4.79 Å². The Balaban J connectivity index is 1.39. The molecule has 198 valence electrons. The number of ether oxygens (including phenoxy) is 1. The number of carbonyl (C=O) groups is 2. The summed E-state index contributed by atoms with van der Waals surface area (Å²) < 4.78 is 32.2. The van der Waals surface area contributed by atoms with Gasteiger partial charge >= 0.3 is 12.0 Å². The van der Waals surface area contributed by atoms with Gasteiger partial charge in [0.2, 0.25) is 10.0 Å². The van der Waals surface area contributed by atoms with Crippen LogP contribution in [0.2, 0.25) is 0 Å². The zero-order valence-electron chi connectivity index (χ0n) is 21.9. The number of carbonyl (C=O) groups excluding carboxylic acids is 2. The van der Waals surface area contributed by atoms with E-state index in [2.05, 4.69) is 19.2 Å². The van der Waals surface area contributed by atoms with Gasteiger partial charge in [-0.25, -0.2) is 22.3 Å². The van der Waals surface area contributed by atoms with Crippen LogP contribution in [0.1, 0.15) is 70.8 Å². The first kappa shape index (κ1) is 25.5. The van der Waals surface area contributed by atoms with Crippen LogP contribution in [0.25, 0.3) is 0 Å². The van der Waals surface area contributed by atoms with Gasteiger partial charge in [-0.05, 0) is 61.1 Å². The van der Waals surface area contributed by atoms with E-state index in [9.17, 15) is 18.0 Å². The van der Waals surface area contributed by atoms with Crippen molar-refractivity contribution in [2.24, 2.45) is 16.7 Å². The molecule has 1 N–H and O–H groups in total. The molecule has 1 aromatic rings. The normalized spacial score (nSPS) is 33.8. The first-order valence-electron chi connectivity index (χ1n) is 13.2. The Bertz CT molecular complexity index is 1160. The molecule has 4 fully saturated rings. The second-order valence-electron chi connectivity index (χ2n) is 11.9. The topological polar surface area (TPSA) is 96.0 Å². The minimum atomic E-state index is -3.59. The van der Waals surface area contributed by atoms with Crippen molar-refractivity contribution in [1.82, 2.24) is 14.5 Å². The third kappa shape index (κ3) is 3.52. The number of nitrogens with zero attached hydrogens (tertiary/aromatic N) is 2. The van der Waals surface area contributed by atoms with Gasteiger partial charge in [0.15, 0.2) is 0 Å². The molecule has 4 bridgehead atoms. The number of rotatable bonds is 6. The molecule has 2 amide bonds. The van der Waals surface area contributed by atoms with Gasteiger partial charge in [-0.2, -0.15) is 0 Å².